The predicted octanol–water partition coefficient (Wildman–Crippen LogP) is 2.30. The molecule has 0 atom stereocenters. The van der Waals surface area contributed by atoms with Crippen LogP contribution >= 0.6 is 12.2 Å². The lowest BCUT2D eigenvalue weighted by Gasteiger charge is -2.06. The fraction of sp³-hybridized carbons (Fsp3) is 0.250. The summed E-state index contributed by atoms with van der Waals surface area (Å²) in [6.07, 6.45) is 3.53. The highest BCUT2D eigenvalue weighted by molar-refractivity contribution is 7.71. The predicted molar refractivity (Wildman–Crippen MR) is 71.9 cm³/mol. The van der Waals surface area contributed by atoms with E-state index in [0.717, 1.165) is 23.4 Å². The monoisotopic (exact) mass is 259 g/mol. The number of benzene rings is 1. The summed E-state index contributed by atoms with van der Waals surface area (Å²) in [4.78, 5) is 3.23. The van der Waals surface area contributed by atoms with Crippen molar-refractivity contribution >= 4 is 23.3 Å². The molecule has 2 aromatic heterocycles. The molecule has 92 valence electrons. The fourth-order valence-corrected chi connectivity index (χ4v) is 2.46. The first-order valence-electron chi connectivity index (χ1n) is 5.78. The SMILES string of the molecule is Cc1cccc2[nH]c(=S)n(CCn3ccnn3)c12. The number of rotatable bonds is 3. The maximum atomic E-state index is 5.37. The molecule has 0 saturated heterocycles. The molecule has 0 amide bonds. The summed E-state index contributed by atoms with van der Waals surface area (Å²) in [5.41, 5.74) is 3.47. The molecule has 0 spiro atoms. The molecule has 6 heteroatoms. The third kappa shape index (κ3) is 1.84. The van der Waals surface area contributed by atoms with E-state index in [1.807, 2.05) is 18.3 Å². The van der Waals surface area contributed by atoms with Gasteiger partial charge in [-0.15, -0.1) is 5.10 Å². The molecular formula is C12H13N5S. The van der Waals surface area contributed by atoms with Crippen molar-refractivity contribution in [1.82, 2.24) is 24.5 Å². The molecule has 2 heterocycles. The third-order valence-electron chi connectivity index (χ3n) is 3.02. The lowest BCUT2D eigenvalue weighted by atomic mass is 10.2. The number of aromatic nitrogens is 5. The smallest absolute Gasteiger partial charge is 0.178 e. The van der Waals surface area contributed by atoms with Gasteiger partial charge in [0.25, 0.3) is 0 Å². The number of aromatic amines is 1. The standard InChI is InChI=1S/C12H13N5S/c1-9-3-2-4-10-11(9)17(12(18)14-10)8-7-16-6-5-13-15-16/h2-6H,7-8H2,1H3,(H,14,18). The van der Waals surface area contributed by atoms with Gasteiger partial charge in [-0.1, -0.05) is 17.3 Å². The molecule has 0 saturated carbocycles. The van der Waals surface area contributed by atoms with E-state index in [1.165, 1.54) is 11.1 Å². The zero-order chi connectivity index (χ0) is 12.5. The molecule has 0 unspecified atom stereocenters. The Balaban J connectivity index is 2.01. The van der Waals surface area contributed by atoms with Gasteiger partial charge in [0.1, 0.15) is 0 Å². The Labute approximate surface area is 109 Å². The van der Waals surface area contributed by atoms with Gasteiger partial charge in [0.2, 0.25) is 0 Å². The second-order valence-electron chi connectivity index (χ2n) is 4.22. The number of hydrogen-bond acceptors (Lipinski definition) is 3. The summed E-state index contributed by atoms with van der Waals surface area (Å²) in [6, 6.07) is 6.17. The molecule has 0 aliphatic rings. The van der Waals surface area contributed by atoms with E-state index in [0.29, 0.717) is 0 Å². The summed E-state index contributed by atoms with van der Waals surface area (Å²) in [5, 5.41) is 7.75. The van der Waals surface area contributed by atoms with Gasteiger partial charge in [-0.25, -0.2) is 0 Å². The molecule has 0 radical (unpaired) electrons. The zero-order valence-corrected chi connectivity index (χ0v) is 10.8. The number of nitrogens with zero attached hydrogens (tertiary/aromatic N) is 4. The third-order valence-corrected chi connectivity index (χ3v) is 3.34. The Morgan fingerprint density at radius 2 is 2.22 bits per heavy atom. The topological polar surface area (TPSA) is 51.4 Å². The first-order valence-corrected chi connectivity index (χ1v) is 6.19. The first-order chi connectivity index (χ1) is 8.75. The van der Waals surface area contributed by atoms with Crippen LogP contribution in [0.1, 0.15) is 5.56 Å². The number of imidazole rings is 1. The van der Waals surface area contributed by atoms with Gasteiger partial charge in [0.05, 0.1) is 23.8 Å². The van der Waals surface area contributed by atoms with Gasteiger partial charge in [-0.2, -0.15) is 0 Å². The highest BCUT2D eigenvalue weighted by Crippen LogP contribution is 2.18. The number of nitrogens with one attached hydrogen (secondary N) is 1. The van der Waals surface area contributed by atoms with Crippen LogP contribution in [-0.4, -0.2) is 24.5 Å². The maximum Gasteiger partial charge on any atom is 0.178 e. The van der Waals surface area contributed by atoms with Crippen LogP contribution < -0.4 is 0 Å². The van der Waals surface area contributed by atoms with Crippen molar-refractivity contribution in [3.63, 3.8) is 0 Å². The molecule has 5 nitrogen and oxygen atoms in total. The van der Waals surface area contributed by atoms with Crippen LogP contribution in [0.2, 0.25) is 0 Å². The lowest BCUT2D eigenvalue weighted by molar-refractivity contribution is 0.523. The normalized spacial score (nSPS) is 11.2. The van der Waals surface area contributed by atoms with Gasteiger partial charge >= 0.3 is 0 Å². The van der Waals surface area contributed by atoms with E-state index in [4.69, 9.17) is 12.2 Å². The Hall–Kier alpha value is -1.95. The van der Waals surface area contributed by atoms with Crippen molar-refractivity contribution in [1.29, 1.82) is 0 Å². The van der Waals surface area contributed by atoms with Crippen LogP contribution in [0.5, 0.6) is 0 Å². The van der Waals surface area contributed by atoms with E-state index in [1.54, 1.807) is 10.9 Å². The Bertz CT molecular complexity index is 723. The number of hydrogen-bond donors (Lipinski definition) is 1. The minimum absolute atomic E-state index is 0.749. The van der Waals surface area contributed by atoms with Crippen LogP contribution in [0.3, 0.4) is 0 Å². The molecule has 0 bridgehead atoms. The van der Waals surface area contributed by atoms with E-state index in [2.05, 4.69) is 32.9 Å². The molecule has 0 aliphatic carbocycles. The van der Waals surface area contributed by atoms with E-state index < -0.39 is 0 Å². The average molecular weight is 259 g/mol. The molecule has 1 aromatic carbocycles. The van der Waals surface area contributed by atoms with Crippen LogP contribution in [0.15, 0.2) is 30.6 Å². The summed E-state index contributed by atoms with van der Waals surface area (Å²) in [5.74, 6) is 0. The highest BCUT2D eigenvalue weighted by Gasteiger charge is 2.06. The van der Waals surface area contributed by atoms with Gasteiger partial charge in [-0.05, 0) is 30.8 Å². The second kappa shape index (κ2) is 4.38. The summed E-state index contributed by atoms with van der Waals surface area (Å²) < 4.78 is 4.67. The molecule has 0 aliphatic heterocycles. The van der Waals surface area contributed by atoms with Crippen molar-refractivity contribution in [2.24, 2.45) is 0 Å². The van der Waals surface area contributed by atoms with Crippen molar-refractivity contribution < 1.29 is 0 Å². The largest absolute Gasteiger partial charge is 0.331 e. The summed E-state index contributed by atoms with van der Waals surface area (Å²) >= 11 is 5.37. The molecule has 0 fully saturated rings. The van der Waals surface area contributed by atoms with E-state index in [-0.39, 0.29) is 0 Å². The quantitative estimate of drug-likeness (QED) is 0.734. The summed E-state index contributed by atoms with van der Waals surface area (Å²) in [7, 11) is 0. The van der Waals surface area contributed by atoms with Gasteiger partial charge in [0.15, 0.2) is 4.77 Å². The number of para-hydroxylation sites is 1. The van der Waals surface area contributed by atoms with Crippen LogP contribution in [0.25, 0.3) is 11.0 Å². The van der Waals surface area contributed by atoms with Crippen molar-refractivity contribution in [2.75, 3.05) is 0 Å². The van der Waals surface area contributed by atoms with E-state index >= 15 is 0 Å². The second-order valence-corrected chi connectivity index (χ2v) is 4.61. The van der Waals surface area contributed by atoms with Crippen molar-refractivity contribution in [3.05, 3.63) is 40.9 Å². The molecule has 3 aromatic rings. The van der Waals surface area contributed by atoms with Crippen LogP contribution in [0.4, 0.5) is 0 Å². The zero-order valence-electron chi connectivity index (χ0n) is 10.00. The number of fused-ring (bicyclic) bond motifs is 1. The van der Waals surface area contributed by atoms with Crippen molar-refractivity contribution in [2.45, 2.75) is 20.0 Å². The molecule has 3 rings (SSSR count). The van der Waals surface area contributed by atoms with Gasteiger partial charge in [-0.3, -0.25) is 4.68 Å². The van der Waals surface area contributed by atoms with Gasteiger partial charge < -0.3 is 9.55 Å². The van der Waals surface area contributed by atoms with Crippen LogP contribution in [0, 0.1) is 11.7 Å². The molecule has 18 heavy (non-hydrogen) atoms. The lowest BCUT2D eigenvalue weighted by Crippen LogP contribution is -2.08. The Kier molecular flexibility index (Phi) is 2.71. The fourth-order valence-electron chi connectivity index (χ4n) is 2.17. The number of H-pyrrole nitrogens is 1. The first kappa shape index (κ1) is 11.2. The van der Waals surface area contributed by atoms with Gasteiger partial charge in [0, 0.05) is 12.7 Å². The Morgan fingerprint density at radius 1 is 1.33 bits per heavy atom. The highest BCUT2D eigenvalue weighted by atomic mass is 32.1. The minimum Gasteiger partial charge on any atom is -0.331 e. The van der Waals surface area contributed by atoms with E-state index in [9.17, 15) is 0 Å². The average Bonchev–Trinajstić information content (AvgIpc) is 2.94. The molecule has 1 N–H and O–H groups in total. The summed E-state index contributed by atoms with van der Waals surface area (Å²) in [6.45, 7) is 3.64. The maximum absolute atomic E-state index is 5.37. The number of aryl methyl sites for hydroxylation is 3. The minimum atomic E-state index is 0.749. The van der Waals surface area contributed by atoms with Crippen LogP contribution in [-0.2, 0) is 13.1 Å². The van der Waals surface area contributed by atoms with Crippen molar-refractivity contribution in [3.8, 4) is 0 Å². The Morgan fingerprint density at radius 3 is 3.00 bits per heavy atom. The molecular weight excluding hydrogens is 246 g/mol.